The highest BCUT2D eigenvalue weighted by molar-refractivity contribution is 6.07. The summed E-state index contributed by atoms with van der Waals surface area (Å²) in [5.41, 5.74) is -0.506. The van der Waals surface area contributed by atoms with Gasteiger partial charge in [-0.15, -0.1) is 0 Å². The van der Waals surface area contributed by atoms with Gasteiger partial charge in [-0.05, 0) is 37.0 Å². The van der Waals surface area contributed by atoms with Crippen molar-refractivity contribution in [1.29, 1.82) is 0 Å². The first-order valence-electron chi connectivity index (χ1n) is 7.58. The van der Waals surface area contributed by atoms with E-state index in [9.17, 15) is 14.0 Å². The van der Waals surface area contributed by atoms with Gasteiger partial charge >= 0.3 is 6.03 Å². The fourth-order valence-corrected chi connectivity index (χ4v) is 3.16. The highest BCUT2D eigenvalue weighted by atomic mass is 19.1. The lowest BCUT2D eigenvalue weighted by atomic mass is 9.87. The molecule has 118 valence electrons. The summed E-state index contributed by atoms with van der Waals surface area (Å²) >= 11 is 0. The number of ether oxygens (including phenoxy) is 1. The molecule has 5 nitrogen and oxygen atoms in total. The molecule has 2 aliphatic rings. The van der Waals surface area contributed by atoms with Crippen molar-refractivity contribution in [3.8, 4) is 0 Å². The van der Waals surface area contributed by atoms with Crippen molar-refractivity contribution >= 4 is 11.9 Å². The molecule has 0 saturated carbocycles. The second kappa shape index (κ2) is 5.68. The summed E-state index contributed by atoms with van der Waals surface area (Å²) in [6, 6.07) is 5.29. The van der Waals surface area contributed by atoms with E-state index < -0.39 is 11.6 Å². The number of nitrogens with zero attached hydrogens (tertiary/aromatic N) is 1. The van der Waals surface area contributed by atoms with Crippen LogP contribution in [0, 0.1) is 5.82 Å². The fraction of sp³-hybridized carbons (Fsp3) is 0.500. The van der Waals surface area contributed by atoms with E-state index in [1.165, 1.54) is 17.0 Å². The Bertz CT molecular complexity index is 584. The van der Waals surface area contributed by atoms with Crippen LogP contribution in [-0.4, -0.2) is 36.1 Å². The molecule has 6 heteroatoms. The van der Waals surface area contributed by atoms with Crippen LogP contribution in [0.4, 0.5) is 9.18 Å². The van der Waals surface area contributed by atoms with Gasteiger partial charge in [0.1, 0.15) is 11.4 Å². The van der Waals surface area contributed by atoms with Crippen LogP contribution < -0.4 is 5.32 Å². The number of hydrogen-bond donors (Lipinski definition) is 1. The molecule has 3 rings (SSSR count). The summed E-state index contributed by atoms with van der Waals surface area (Å²) in [6.07, 6.45) is 2.12. The molecule has 0 unspecified atom stereocenters. The number of rotatable bonds is 4. The van der Waals surface area contributed by atoms with Crippen molar-refractivity contribution in [3.63, 3.8) is 0 Å². The minimum absolute atomic E-state index is 0.0874. The Labute approximate surface area is 128 Å². The summed E-state index contributed by atoms with van der Waals surface area (Å²) in [4.78, 5) is 26.3. The van der Waals surface area contributed by atoms with Crippen molar-refractivity contribution in [2.75, 3.05) is 13.2 Å². The molecule has 0 bridgehead atoms. The molecule has 2 atom stereocenters. The van der Waals surface area contributed by atoms with Crippen molar-refractivity contribution in [2.45, 2.75) is 37.8 Å². The average Bonchev–Trinajstić information content (AvgIpc) is 3.11. The first-order chi connectivity index (χ1) is 10.6. The molecule has 0 aromatic heterocycles. The van der Waals surface area contributed by atoms with Gasteiger partial charge in [0.15, 0.2) is 0 Å². The number of urea groups is 1. The second-order valence-electron chi connectivity index (χ2n) is 5.75. The molecule has 2 saturated heterocycles. The van der Waals surface area contributed by atoms with Crippen molar-refractivity contribution < 1.29 is 18.7 Å². The maximum atomic E-state index is 13.1. The Morgan fingerprint density at radius 2 is 2.09 bits per heavy atom. The molecule has 1 aromatic rings. The lowest BCUT2D eigenvalue weighted by molar-refractivity contribution is -0.132. The number of amides is 3. The lowest BCUT2D eigenvalue weighted by Gasteiger charge is -2.26. The Balaban J connectivity index is 1.87. The van der Waals surface area contributed by atoms with E-state index in [0.717, 1.165) is 12.8 Å². The number of imide groups is 1. The van der Waals surface area contributed by atoms with E-state index >= 15 is 0 Å². The van der Waals surface area contributed by atoms with Crippen LogP contribution in [0.2, 0.25) is 0 Å². The highest BCUT2D eigenvalue weighted by Gasteiger charge is 2.51. The van der Waals surface area contributed by atoms with Gasteiger partial charge in [-0.2, -0.15) is 0 Å². The normalized spacial score (nSPS) is 28.3. The SMILES string of the molecule is CC[C@@]1(c2ccc(F)cc2)NC(=O)N(C[C@H]2CCCO2)C1=O. The first-order valence-corrected chi connectivity index (χ1v) is 7.58. The summed E-state index contributed by atoms with van der Waals surface area (Å²) in [5.74, 6) is -0.662. The molecule has 0 radical (unpaired) electrons. The van der Waals surface area contributed by atoms with Crippen LogP contribution in [-0.2, 0) is 15.1 Å². The summed E-state index contributed by atoms with van der Waals surface area (Å²) in [6.45, 7) is 2.77. The maximum absolute atomic E-state index is 13.1. The van der Waals surface area contributed by atoms with Crippen molar-refractivity contribution in [1.82, 2.24) is 10.2 Å². The van der Waals surface area contributed by atoms with Gasteiger partial charge in [-0.3, -0.25) is 9.69 Å². The van der Waals surface area contributed by atoms with Crippen molar-refractivity contribution in [3.05, 3.63) is 35.6 Å². The summed E-state index contributed by atoms with van der Waals surface area (Å²) in [5, 5.41) is 2.79. The molecule has 1 aromatic carbocycles. The first kappa shape index (κ1) is 15.0. The number of carbonyl (C=O) groups is 2. The Kier molecular flexibility index (Phi) is 3.87. The van der Waals surface area contributed by atoms with Crippen LogP contribution >= 0.6 is 0 Å². The molecular formula is C16H19FN2O3. The summed E-state index contributed by atoms with van der Waals surface area (Å²) in [7, 11) is 0. The molecule has 0 spiro atoms. The third-order valence-corrected chi connectivity index (χ3v) is 4.45. The smallest absolute Gasteiger partial charge is 0.325 e. The number of nitrogens with one attached hydrogen (secondary N) is 1. The molecule has 1 N–H and O–H groups in total. The predicted molar refractivity (Wildman–Crippen MR) is 77.6 cm³/mol. The van der Waals surface area contributed by atoms with E-state index in [1.807, 2.05) is 6.92 Å². The number of halogens is 1. The third-order valence-electron chi connectivity index (χ3n) is 4.45. The van der Waals surface area contributed by atoms with Gasteiger partial charge in [-0.1, -0.05) is 19.1 Å². The number of benzene rings is 1. The zero-order valence-electron chi connectivity index (χ0n) is 12.5. The molecule has 2 aliphatic heterocycles. The number of carbonyl (C=O) groups excluding carboxylic acids is 2. The van der Waals surface area contributed by atoms with Gasteiger partial charge < -0.3 is 10.1 Å². The van der Waals surface area contributed by atoms with Crippen LogP contribution in [0.3, 0.4) is 0 Å². The molecular weight excluding hydrogens is 287 g/mol. The molecule has 22 heavy (non-hydrogen) atoms. The zero-order chi connectivity index (χ0) is 15.7. The highest BCUT2D eigenvalue weighted by Crippen LogP contribution is 2.33. The molecule has 2 heterocycles. The average molecular weight is 306 g/mol. The van der Waals surface area contributed by atoms with Crippen LogP contribution in [0.25, 0.3) is 0 Å². The monoisotopic (exact) mass is 306 g/mol. The molecule has 2 fully saturated rings. The van der Waals surface area contributed by atoms with E-state index in [1.54, 1.807) is 12.1 Å². The third kappa shape index (κ3) is 2.37. The van der Waals surface area contributed by atoms with E-state index in [4.69, 9.17) is 4.74 Å². The van der Waals surface area contributed by atoms with Gasteiger partial charge in [0.05, 0.1) is 12.6 Å². The Morgan fingerprint density at radius 1 is 1.36 bits per heavy atom. The largest absolute Gasteiger partial charge is 0.376 e. The summed E-state index contributed by atoms with van der Waals surface area (Å²) < 4.78 is 18.6. The van der Waals surface area contributed by atoms with E-state index in [2.05, 4.69) is 5.32 Å². The number of hydrogen-bond acceptors (Lipinski definition) is 3. The maximum Gasteiger partial charge on any atom is 0.325 e. The minimum Gasteiger partial charge on any atom is -0.376 e. The van der Waals surface area contributed by atoms with Gasteiger partial charge in [0, 0.05) is 6.61 Å². The molecule has 0 aliphatic carbocycles. The standard InChI is InChI=1S/C16H19FN2O3/c1-2-16(11-5-7-12(17)8-6-11)14(20)19(15(21)18-16)10-13-4-3-9-22-13/h5-8,13H,2-4,9-10H2,1H3,(H,18,21)/t13-,16+/m1/s1. The Morgan fingerprint density at radius 3 is 2.68 bits per heavy atom. The second-order valence-corrected chi connectivity index (χ2v) is 5.75. The fourth-order valence-electron chi connectivity index (χ4n) is 3.16. The van der Waals surface area contributed by atoms with Crippen molar-refractivity contribution in [2.24, 2.45) is 0 Å². The van der Waals surface area contributed by atoms with Crippen LogP contribution in [0.1, 0.15) is 31.7 Å². The molecule has 3 amide bonds. The van der Waals surface area contributed by atoms with Crippen LogP contribution in [0.5, 0.6) is 0 Å². The van der Waals surface area contributed by atoms with Crippen LogP contribution in [0.15, 0.2) is 24.3 Å². The van der Waals surface area contributed by atoms with Gasteiger partial charge in [0.25, 0.3) is 5.91 Å². The van der Waals surface area contributed by atoms with Gasteiger partial charge in [-0.25, -0.2) is 9.18 Å². The Hall–Kier alpha value is -1.95. The van der Waals surface area contributed by atoms with E-state index in [0.29, 0.717) is 18.6 Å². The predicted octanol–water partition coefficient (Wildman–Crippen LogP) is 2.16. The van der Waals surface area contributed by atoms with Gasteiger partial charge in [0.2, 0.25) is 0 Å². The lowest BCUT2D eigenvalue weighted by Crippen LogP contribution is -2.44. The zero-order valence-corrected chi connectivity index (χ0v) is 12.5. The minimum atomic E-state index is -1.11. The quantitative estimate of drug-likeness (QED) is 0.867. The topological polar surface area (TPSA) is 58.6 Å². The van der Waals surface area contributed by atoms with E-state index in [-0.39, 0.29) is 24.4 Å².